The Kier molecular flexibility index (Phi) is 2.95. The zero-order valence-corrected chi connectivity index (χ0v) is 11.0. The van der Waals surface area contributed by atoms with Gasteiger partial charge in [-0.05, 0) is 43.2 Å². The van der Waals surface area contributed by atoms with Gasteiger partial charge in [-0.3, -0.25) is 0 Å². The summed E-state index contributed by atoms with van der Waals surface area (Å²) in [5.74, 6) is 2.50. The molecule has 92 valence electrons. The molecule has 1 aliphatic heterocycles. The second kappa shape index (κ2) is 4.45. The lowest BCUT2D eigenvalue weighted by atomic mass is 9.99. The topological polar surface area (TPSA) is 29.0 Å². The summed E-state index contributed by atoms with van der Waals surface area (Å²) in [5, 5.41) is 0.406. The number of anilines is 1. The first-order chi connectivity index (χ1) is 8.22. The van der Waals surface area contributed by atoms with Gasteiger partial charge in [-0.1, -0.05) is 6.92 Å². The summed E-state index contributed by atoms with van der Waals surface area (Å²) in [4.78, 5) is 11.1. The van der Waals surface area contributed by atoms with Crippen LogP contribution in [0.4, 0.5) is 5.82 Å². The van der Waals surface area contributed by atoms with Crippen molar-refractivity contribution in [3.63, 3.8) is 0 Å². The van der Waals surface area contributed by atoms with Crippen LogP contribution < -0.4 is 4.90 Å². The molecule has 0 bridgehead atoms. The molecule has 1 saturated carbocycles. The summed E-state index contributed by atoms with van der Waals surface area (Å²) in [5.41, 5.74) is 1.14. The minimum Gasteiger partial charge on any atom is -0.356 e. The summed E-state index contributed by atoms with van der Waals surface area (Å²) >= 11 is 6.02. The SMILES string of the molecule is CC1CCN(c2cc(C3CC3)nc(Cl)n2)CC1. The lowest BCUT2D eigenvalue weighted by molar-refractivity contribution is 0.436. The van der Waals surface area contributed by atoms with Gasteiger partial charge in [-0.25, -0.2) is 9.97 Å². The summed E-state index contributed by atoms with van der Waals surface area (Å²) in [6, 6.07) is 2.14. The fourth-order valence-electron chi connectivity index (χ4n) is 2.41. The van der Waals surface area contributed by atoms with Crippen LogP contribution >= 0.6 is 11.6 Å². The first-order valence-corrected chi connectivity index (χ1v) is 6.89. The Hall–Kier alpha value is -0.830. The summed E-state index contributed by atoms with van der Waals surface area (Å²) in [6.45, 7) is 4.51. The number of hydrogen-bond donors (Lipinski definition) is 0. The minimum atomic E-state index is 0.406. The lowest BCUT2D eigenvalue weighted by Gasteiger charge is -2.31. The van der Waals surface area contributed by atoms with Crippen LogP contribution in [0.25, 0.3) is 0 Å². The van der Waals surface area contributed by atoms with Crippen molar-refractivity contribution in [2.45, 2.75) is 38.5 Å². The van der Waals surface area contributed by atoms with Gasteiger partial charge in [0.25, 0.3) is 0 Å². The molecular weight excluding hydrogens is 234 g/mol. The van der Waals surface area contributed by atoms with Crippen LogP contribution in [0.3, 0.4) is 0 Å². The molecule has 3 nitrogen and oxygen atoms in total. The van der Waals surface area contributed by atoms with E-state index in [1.165, 1.54) is 25.7 Å². The van der Waals surface area contributed by atoms with Crippen LogP contribution in [0.2, 0.25) is 5.28 Å². The smallest absolute Gasteiger partial charge is 0.224 e. The molecule has 0 radical (unpaired) electrons. The van der Waals surface area contributed by atoms with Crippen molar-refractivity contribution in [3.8, 4) is 0 Å². The molecule has 2 fully saturated rings. The van der Waals surface area contributed by atoms with Crippen LogP contribution in [-0.2, 0) is 0 Å². The molecule has 3 rings (SSSR count). The van der Waals surface area contributed by atoms with Crippen LogP contribution in [0.1, 0.15) is 44.2 Å². The zero-order chi connectivity index (χ0) is 11.8. The molecule has 1 aliphatic carbocycles. The number of nitrogens with zero attached hydrogens (tertiary/aromatic N) is 3. The van der Waals surface area contributed by atoms with E-state index in [1.807, 2.05) is 0 Å². The second-order valence-electron chi connectivity index (χ2n) is 5.36. The highest BCUT2D eigenvalue weighted by molar-refractivity contribution is 6.28. The predicted molar refractivity (Wildman–Crippen MR) is 69.6 cm³/mol. The standard InChI is InChI=1S/C13H18ClN3/c1-9-4-6-17(7-5-9)12-8-11(10-2-3-10)15-13(14)16-12/h8-10H,2-7H2,1H3. The van der Waals surface area contributed by atoms with Gasteiger partial charge < -0.3 is 4.90 Å². The molecule has 1 aromatic rings. The van der Waals surface area contributed by atoms with E-state index in [-0.39, 0.29) is 0 Å². The Morgan fingerprint density at radius 1 is 1.18 bits per heavy atom. The molecular formula is C13H18ClN3. The molecule has 2 aliphatic rings. The number of piperidine rings is 1. The van der Waals surface area contributed by atoms with Crippen molar-refractivity contribution in [1.82, 2.24) is 9.97 Å². The molecule has 0 amide bonds. The Bertz CT molecular complexity index is 409. The predicted octanol–water partition coefficient (Wildman–Crippen LogP) is 3.24. The van der Waals surface area contributed by atoms with Gasteiger partial charge in [-0.2, -0.15) is 0 Å². The zero-order valence-electron chi connectivity index (χ0n) is 10.2. The van der Waals surface area contributed by atoms with Gasteiger partial charge >= 0.3 is 0 Å². The van der Waals surface area contributed by atoms with E-state index in [2.05, 4.69) is 27.9 Å². The molecule has 0 unspecified atom stereocenters. The van der Waals surface area contributed by atoms with Gasteiger partial charge in [0.2, 0.25) is 5.28 Å². The second-order valence-corrected chi connectivity index (χ2v) is 5.70. The third-order valence-electron chi connectivity index (χ3n) is 3.81. The lowest BCUT2D eigenvalue weighted by Crippen LogP contribution is -2.33. The number of halogens is 1. The first kappa shape index (κ1) is 11.3. The van der Waals surface area contributed by atoms with Crippen molar-refractivity contribution in [3.05, 3.63) is 17.0 Å². The van der Waals surface area contributed by atoms with Gasteiger partial charge in [0, 0.05) is 25.1 Å². The van der Waals surface area contributed by atoms with E-state index in [4.69, 9.17) is 11.6 Å². The number of aromatic nitrogens is 2. The van der Waals surface area contributed by atoms with Gasteiger partial charge in [0.15, 0.2) is 0 Å². The van der Waals surface area contributed by atoms with Crippen molar-refractivity contribution in [2.24, 2.45) is 5.92 Å². The third kappa shape index (κ3) is 2.54. The van der Waals surface area contributed by atoms with Crippen LogP contribution in [0.5, 0.6) is 0 Å². The Labute approximate surface area is 107 Å². The Balaban J connectivity index is 1.81. The van der Waals surface area contributed by atoms with E-state index in [1.54, 1.807) is 0 Å². The summed E-state index contributed by atoms with van der Waals surface area (Å²) in [6.07, 6.45) is 5.01. The number of hydrogen-bond acceptors (Lipinski definition) is 3. The van der Waals surface area contributed by atoms with Crippen molar-refractivity contribution in [1.29, 1.82) is 0 Å². The maximum Gasteiger partial charge on any atom is 0.224 e. The molecule has 17 heavy (non-hydrogen) atoms. The Morgan fingerprint density at radius 2 is 1.88 bits per heavy atom. The Morgan fingerprint density at radius 3 is 2.53 bits per heavy atom. The van der Waals surface area contributed by atoms with Crippen LogP contribution in [0, 0.1) is 5.92 Å². The molecule has 0 atom stereocenters. The molecule has 0 N–H and O–H groups in total. The fraction of sp³-hybridized carbons (Fsp3) is 0.692. The number of rotatable bonds is 2. The first-order valence-electron chi connectivity index (χ1n) is 6.52. The quantitative estimate of drug-likeness (QED) is 0.756. The third-order valence-corrected chi connectivity index (χ3v) is 3.98. The van der Waals surface area contributed by atoms with Crippen LogP contribution in [0.15, 0.2) is 6.07 Å². The van der Waals surface area contributed by atoms with Crippen molar-refractivity contribution in [2.75, 3.05) is 18.0 Å². The van der Waals surface area contributed by atoms with E-state index in [0.29, 0.717) is 11.2 Å². The molecule has 2 heterocycles. The van der Waals surface area contributed by atoms with E-state index < -0.39 is 0 Å². The minimum absolute atomic E-state index is 0.406. The maximum atomic E-state index is 6.02. The molecule has 0 aromatic carbocycles. The average molecular weight is 252 g/mol. The fourth-order valence-corrected chi connectivity index (χ4v) is 2.59. The summed E-state index contributed by atoms with van der Waals surface area (Å²) in [7, 11) is 0. The molecule has 1 saturated heterocycles. The highest BCUT2D eigenvalue weighted by Crippen LogP contribution is 2.40. The van der Waals surface area contributed by atoms with Gasteiger partial charge in [0.05, 0.1) is 5.69 Å². The van der Waals surface area contributed by atoms with Gasteiger partial charge in [-0.15, -0.1) is 0 Å². The van der Waals surface area contributed by atoms with Crippen molar-refractivity contribution < 1.29 is 0 Å². The molecule has 0 spiro atoms. The summed E-state index contributed by atoms with van der Waals surface area (Å²) < 4.78 is 0. The largest absolute Gasteiger partial charge is 0.356 e. The van der Waals surface area contributed by atoms with Crippen molar-refractivity contribution >= 4 is 17.4 Å². The molecule has 1 aromatic heterocycles. The van der Waals surface area contributed by atoms with E-state index in [0.717, 1.165) is 30.5 Å². The highest BCUT2D eigenvalue weighted by Gasteiger charge is 2.27. The normalized spacial score (nSPS) is 21.9. The molecule has 4 heteroatoms. The highest BCUT2D eigenvalue weighted by atomic mass is 35.5. The monoisotopic (exact) mass is 251 g/mol. The average Bonchev–Trinajstić information content (AvgIpc) is 3.13. The van der Waals surface area contributed by atoms with E-state index >= 15 is 0 Å². The van der Waals surface area contributed by atoms with E-state index in [9.17, 15) is 0 Å². The van der Waals surface area contributed by atoms with Gasteiger partial charge in [0.1, 0.15) is 5.82 Å². The van der Waals surface area contributed by atoms with Crippen LogP contribution in [-0.4, -0.2) is 23.1 Å². The maximum absolute atomic E-state index is 6.02.